The molecule has 1 aromatic carbocycles. The molecule has 2 fully saturated rings. The normalized spacial score (nSPS) is 20.6. The van der Waals surface area contributed by atoms with Gasteiger partial charge in [0.1, 0.15) is 24.2 Å². The molecule has 0 radical (unpaired) electrons. The van der Waals surface area contributed by atoms with Crippen LogP contribution in [0.1, 0.15) is 37.7 Å². The molecule has 1 saturated carbocycles. The fourth-order valence-corrected chi connectivity index (χ4v) is 3.47. The summed E-state index contributed by atoms with van der Waals surface area (Å²) in [5.41, 5.74) is 1.06. The third-order valence-corrected chi connectivity index (χ3v) is 5.41. The van der Waals surface area contributed by atoms with Crippen molar-refractivity contribution in [2.45, 2.75) is 56.9 Å². The Kier molecular flexibility index (Phi) is 7.14. The number of hydrogen-bond acceptors (Lipinski definition) is 6. The lowest BCUT2D eigenvalue weighted by molar-refractivity contribution is 0.0336. The molecule has 1 heterocycles. The first-order valence-electron chi connectivity index (χ1n) is 9.75. The van der Waals surface area contributed by atoms with E-state index in [0.29, 0.717) is 12.6 Å². The largest absolute Gasteiger partial charge is 0.497 e. The zero-order valence-electron chi connectivity index (χ0n) is 15.7. The first-order chi connectivity index (χ1) is 12.6. The molecule has 6 heteroatoms. The highest BCUT2D eigenvalue weighted by atomic mass is 16.5. The smallest absolute Gasteiger partial charge is 0.124 e. The lowest BCUT2D eigenvalue weighted by Gasteiger charge is -2.31. The highest BCUT2D eigenvalue weighted by molar-refractivity contribution is 5.40. The summed E-state index contributed by atoms with van der Waals surface area (Å²) >= 11 is 0. The van der Waals surface area contributed by atoms with Crippen molar-refractivity contribution in [2.75, 3.05) is 33.4 Å². The number of nitrogens with zero attached hydrogens (tertiary/aromatic N) is 1. The summed E-state index contributed by atoms with van der Waals surface area (Å²) in [6.45, 7) is 3.26. The molecular formula is C20H32N2O4. The Morgan fingerprint density at radius 1 is 1.23 bits per heavy atom. The van der Waals surface area contributed by atoms with Crippen molar-refractivity contribution in [1.29, 1.82) is 0 Å². The van der Waals surface area contributed by atoms with Gasteiger partial charge >= 0.3 is 0 Å². The number of aliphatic hydroxyl groups is 2. The molecule has 1 unspecified atom stereocenters. The van der Waals surface area contributed by atoms with E-state index in [1.165, 1.54) is 19.3 Å². The van der Waals surface area contributed by atoms with Gasteiger partial charge in [-0.1, -0.05) is 6.42 Å². The standard InChI is InChI=1S/C20H32N2O4/c1-25-19-5-6-20(15(11-19)12-21-16-3-2-4-16)26-14-18(24)13-22-9-7-17(23)8-10-22/h5-6,11,16-18,21,23-24H,2-4,7-10,12-14H2,1H3. The molecule has 3 N–H and O–H groups in total. The molecule has 1 atom stereocenters. The fourth-order valence-electron chi connectivity index (χ4n) is 3.47. The van der Waals surface area contributed by atoms with Gasteiger partial charge in [-0.05, 0) is 43.9 Å². The van der Waals surface area contributed by atoms with Crippen LogP contribution in [0.2, 0.25) is 0 Å². The Labute approximate surface area is 156 Å². The number of rotatable bonds is 9. The van der Waals surface area contributed by atoms with Crippen LogP contribution in [0.5, 0.6) is 11.5 Å². The number of piperidine rings is 1. The summed E-state index contributed by atoms with van der Waals surface area (Å²) < 4.78 is 11.3. The maximum atomic E-state index is 10.3. The molecule has 1 aliphatic carbocycles. The molecule has 0 bridgehead atoms. The highest BCUT2D eigenvalue weighted by Crippen LogP contribution is 2.26. The van der Waals surface area contributed by atoms with Crippen LogP contribution in [-0.4, -0.2) is 66.7 Å². The number of β-amino-alcohol motifs (C(OH)–C–C–N with tert-alkyl or cyclic N) is 1. The van der Waals surface area contributed by atoms with Gasteiger partial charge in [-0.2, -0.15) is 0 Å². The molecule has 0 amide bonds. The van der Waals surface area contributed by atoms with E-state index >= 15 is 0 Å². The second-order valence-electron chi connectivity index (χ2n) is 7.48. The van der Waals surface area contributed by atoms with Crippen molar-refractivity contribution in [3.63, 3.8) is 0 Å². The van der Waals surface area contributed by atoms with Crippen LogP contribution in [0.25, 0.3) is 0 Å². The van der Waals surface area contributed by atoms with Crippen molar-refractivity contribution in [2.24, 2.45) is 0 Å². The monoisotopic (exact) mass is 364 g/mol. The van der Waals surface area contributed by atoms with E-state index in [1.807, 2.05) is 18.2 Å². The molecule has 1 aromatic rings. The predicted molar refractivity (Wildman–Crippen MR) is 101 cm³/mol. The summed E-state index contributed by atoms with van der Waals surface area (Å²) in [6.07, 6.45) is 4.61. The summed E-state index contributed by atoms with van der Waals surface area (Å²) in [4.78, 5) is 2.19. The van der Waals surface area contributed by atoms with Crippen LogP contribution >= 0.6 is 0 Å². The van der Waals surface area contributed by atoms with Crippen LogP contribution in [0.3, 0.4) is 0 Å². The Morgan fingerprint density at radius 2 is 2.00 bits per heavy atom. The molecule has 0 aromatic heterocycles. The van der Waals surface area contributed by atoms with Gasteiger partial charge in [0.2, 0.25) is 0 Å². The average Bonchev–Trinajstić information content (AvgIpc) is 2.61. The number of likely N-dealkylation sites (tertiary alicyclic amines) is 1. The van der Waals surface area contributed by atoms with Crippen molar-refractivity contribution < 1.29 is 19.7 Å². The van der Waals surface area contributed by atoms with E-state index in [-0.39, 0.29) is 12.7 Å². The topological polar surface area (TPSA) is 74.2 Å². The lowest BCUT2D eigenvalue weighted by Crippen LogP contribution is -2.41. The van der Waals surface area contributed by atoms with Crippen LogP contribution in [-0.2, 0) is 6.54 Å². The molecule has 3 rings (SSSR count). The van der Waals surface area contributed by atoms with Crippen LogP contribution in [0, 0.1) is 0 Å². The predicted octanol–water partition coefficient (Wildman–Crippen LogP) is 1.53. The van der Waals surface area contributed by atoms with E-state index in [1.54, 1.807) is 7.11 Å². The molecule has 1 saturated heterocycles. The number of nitrogens with one attached hydrogen (secondary N) is 1. The average molecular weight is 364 g/mol. The van der Waals surface area contributed by atoms with Crippen LogP contribution in [0.15, 0.2) is 18.2 Å². The maximum absolute atomic E-state index is 10.3. The third-order valence-electron chi connectivity index (χ3n) is 5.41. The first-order valence-corrected chi connectivity index (χ1v) is 9.75. The number of aliphatic hydroxyl groups excluding tert-OH is 2. The highest BCUT2D eigenvalue weighted by Gasteiger charge is 2.20. The zero-order valence-corrected chi connectivity index (χ0v) is 15.7. The second-order valence-corrected chi connectivity index (χ2v) is 7.48. The van der Waals surface area contributed by atoms with E-state index in [0.717, 1.165) is 49.5 Å². The molecule has 2 aliphatic rings. The van der Waals surface area contributed by atoms with Crippen molar-refractivity contribution >= 4 is 0 Å². The van der Waals surface area contributed by atoms with Gasteiger partial charge in [0.25, 0.3) is 0 Å². The minimum atomic E-state index is -0.542. The van der Waals surface area contributed by atoms with Crippen molar-refractivity contribution in [1.82, 2.24) is 10.2 Å². The van der Waals surface area contributed by atoms with Gasteiger partial charge in [-0.25, -0.2) is 0 Å². The maximum Gasteiger partial charge on any atom is 0.124 e. The van der Waals surface area contributed by atoms with E-state index in [9.17, 15) is 10.2 Å². The minimum absolute atomic E-state index is 0.190. The van der Waals surface area contributed by atoms with E-state index in [2.05, 4.69) is 10.2 Å². The number of hydrogen-bond donors (Lipinski definition) is 3. The third kappa shape index (κ3) is 5.58. The molecule has 6 nitrogen and oxygen atoms in total. The summed E-state index contributed by atoms with van der Waals surface area (Å²) in [5.74, 6) is 1.61. The van der Waals surface area contributed by atoms with Crippen molar-refractivity contribution in [3.05, 3.63) is 23.8 Å². The number of methoxy groups -OCH3 is 1. The lowest BCUT2D eigenvalue weighted by atomic mass is 9.93. The quantitative estimate of drug-likeness (QED) is 0.617. The first kappa shape index (κ1) is 19.4. The van der Waals surface area contributed by atoms with Crippen molar-refractivity contribution in [3.8, 4) is 11.5 Å². The van der Waals surface area contributed by atoms with Gasteiger partial charge in [0.15, 0.2) is 0 Å². The van der Waals surface area contributed by atoms with Gasteiger partial charge in [0.05, 0.1) is 13.2 Å². The molecule has 146 valence electrons. The summed E-state index contributed by atoms with van der Waals surface area (Å²) in [5, 5.41) is 23.4. The van der Waals surface area contributed by atoms with E-state index < -0.39 is 6.10 Å². The van der Waals surface area contributed by atoms with Gasteiger partial charge in [-0.3, -0.25) is 0 Å². The Balaban J connectivity index is 1.50. The fraction of sp³-hybridized carbons (Fsp3) is 0.700. The summed E-state index contributed by atoms with van der Waals surface area (Å²) in [6, 6.07) is 6.41. The molecule has 1 aliphatic heterocycles. The zero-order chi connectivity index (χ0) is 18.4. The number of benzene rings is 1. The van der Waals surface area contributed by atoms with E-state index in [4.69, 9.17) is 9.47 Å². The molecular weight excluding hydrogens is 332 g/mol. The number of ether oxygens (including phenoxy) is 2. The van der Waals surface area contributed by atoms with Gasteiger partial charge in [0, 0.05) is 37.8 Å². The summed E-state index contributed by atoms with van der Waals surface area (Å²) in [7, 11) is 1.66. The second kappa shape index (κ2) is 9.55. The Morgan fingerprint density at radius 3 is 2.65 bits per heavy atom. The van der Waals surface area contributed by atoms with Crippen LogP contribution < -0.4 is 14.8 Å². The minimum Gasteiger partial charge on any atom is -0.497 e. The molecule has 26 heavy (non-hydrogen) atoms. The van der Waals surface area contributed by atoms with Gasteiger partial charge in [-0.15, -0.1) is 0 Å². The Bertz CT molecular complexity index is 557. The molecule has 0 spiro atoms. The SMILES string of the molecule is COc1ccc(OCC(O)CN2CCC(O)CC2)c(CNC2CCC2)c1. The van der Waals surface area contributed by atoms with Crippen LogP contribution in [0.4, 0.5) is 0 Å². The Hall–Kier alpha value is -1.34. The van der Waals surface area contributed by atoms with Gasteiger partial charge < -0.3 is 29.9 Å².